The molecule has 152 valence electrons. The summed E-state index contributed by atoms with van der Waals surface area (Å²) in [5, 5.41) is 19.7. The Morgan fingerprint density at radius 2 is 2.07 bits per heavy atom. The second-order valence-corrected chi connectivity index (χ2v) is 8.26. The van der Waals surface area contributed by atoms with Crippen LogP contribution in [0.25, 0.3) is 22.3 Å². The van der Waals surface area contributed by atoms with Gasteiger partial charge in [0.25, 0.3) is 0 Å². The van der Waals surface area contributed by atoms with Crippen molar-refractivity contribution in [3.8, 4) is 11.4 Å². The highest BCUT2D eigenvalue weighted by atomic mass is 16.5. The third-order valence-corrected chi connectivity index (χ3v) is 6.31. The van der Waals surface area contributed by atoms with E-state index in [-0.39, 0.29) is 6.04 Å². The predicted octanol–water partition coefficient (Wildman–Crippen LogP) is 3.40. The molecule has 2 N–H and O–H groups in total. The fourth-order valence-corrected chi connectivity index (χ4v) is 4.73. The molecule has 5 rings (SSSR count). The highest BCUT2D eigenvalue weighted by Gasteiger charge is 2.35. The quantitative estimate of drug-likeness (QED) is 0.709. The zero-order chi connectivity index (χ0) is 19.8. The van der Waals surface area contributed by atoms with Gasteiger partial charge in [-0.25, -0.2) is 4.98 Å². The summed E-state index contributed by atoms with van der Waals surface area (Å²) in [6.45, 7) is 4.31. The lowest BCUT2D eigenvalue weighted by molar-refractivity contribution is 0.000715. The maximum Gasteiger partial charge on any atom is 0.130 e. The first-order valence-electron chi connectivity index (χ1n) is 10.5. The summed E-state index contributed by atoms with van der Waals surface area (Å²) < 4.78 is 5.63. The van der Waals surface area contributed by atoms with Crippen molar-refractivity contribution in [2.75, 3.05) is 24.7 Å². The van der Waals surface area contributed by atoms with E-state index in [9.17, 15) is 5.11 Å². The largest absolute Gasteiger partial charge is 0.385 e. The standard InChI is InChI=1S/C22H27N5O2/c1-15-14-29-12-11-27(15)19-13-17(22(28)7-3-2-4-8-22)16-5-9-23-21(20(16)25-19)18-6-10-24-26-18/h5-6,9-10,13,15,28H,2-4,7-8,11-12,14H2,1H3,(H,24,26). The first-order chi connectivity index (χ1) is 14.2. The topological polar surface area (TPSA) is 87.2 Å². The number of hydrogen-bond acceptors (Lipinski definition) is 6. The van der Waals surface area contributed by atoms with Gasteiger partial charge in [-0.1, -0.05) is 19.3 Å². The normalized spacial score (nSPS) is 22.1. The van der Waals surface area contributed by atoms with Crippen LogP contribution in [-0.4, -0.2) is 51.1 Å². The molecule has 29 heavy (non-hydrogen) atoms. The number of hydrogen-bond donors (Lipinski definition) is 2. The Morgan fingerprint density at radius 1 is 1.21 bits per heavy atom. The summed E-state index contributed by atoms with van der Waals surface area (Å²) in [5.74, 6) is 0.885. The predicted molar refractivity (Wildman–Crippen MR) is 112 cm³/mol. The molecular formula is C22H27N5O2. The SMILES string of the molecule is CC1COCCN1c1cc(C2(O)CCCCC2)c2ccnc(-c3ccn[nH]3)c2n1. The minimum Gasteiger partial charge on any atom is -0.385 e. The Bertz CT molecular complexity index is 998. The smallest absolute Gasteiger partial charge is 0.130 e. The number of nitrogens with zero attached hydrogens (tertiary/aromatic N) is 4. The van der Waals surface area contributed by atoms with E-state index in [1.54, 1.807) is 12.4 Å². The molecule has 1 saturated carbocycles. The monoisotopic (exact) mass is 393 g/mol. The molecule has 7 heteroatoms. The third kappa shape index (κ3) is 3.28. The molecule has 1 aliphatic carbocycles. The average molecular weight is 393 g/mol. The van der Waals surface area contributed by atoms with E-state index in [2.05, 4.69) is 33.1 Å². The maximum atomic E-state index is 11.6. The molecule has 1 saturated heterocycles. The Labute approximate surface area is 170 Å². The van der Waals surface area contributed by atoms with Gasteiger partial charge in [0.15, 0.2) is 0 Å². The van der Waals surface area contributed by atoms with Crippen LogP contribution in [0.3, 0.4) is 0 Å². The number of nitrogens with one attached hydrogen (secondary N) is 1. The number of pyridine rings is 2. The van der Waals surface area contributed by atoms with E-state index in [0.717, 1.165) is 65.9 Å². The minimum atomic E-state index is -0.823. The van der Waals surface area contributed by atoms with Crippen LogP contribution in [0.2, 0.25) is 0 Å². The fourth-order valence-electron chi connectivity index (χ4n) is 4.73. The van der Waals surface area contributed by atoms with Crippen LogP contribution in [0.5, 0.6) is 0 Å². The molecule has 3 aromatic rings. The first-order valence-corrected chi connectivity index (χ1v) is 10.5. The second-order valence-electron chi connectivity index (χ2n) is 8.26. The number of aromatic amines is 1. The molecule has 0 radical (unpaired) electrons. The maximum absolute atomic E-state index is 11.6. The van der Waals surface area contributed by atoms with Crippen LogP contribution in [0.1, 0.15) is 44.6 Å². The highest BCUT2D eigenvalue weighted by molar-refractivity contribution is 5.94. The van der Waals surface area contributed by atoms with Crippen molar-refractivity contribution >= 4 is 16.7 Å². The van der Waals surface area contributed by atoms with E-state index in [0.29, 0.717) is 13.2 Å². The minimum absolute atomic E-state index is 0.231. The zero-order valence-electron chi connectivity index (χ0n) is 16.8. The van der Waals surface area contributed by atoms with E-state index in [1.807, 2.05) is 12.1 Å². The van der Waals surface area contributed by atoms with Crippen LogP contribution in [0.4, 0.5) is 5.82 Å². The van der Waals surface area contributed by atoms with Crippen molar-refractivity contribution in [1.29, 1.82) is 0 Å². The zero-order valence-corrected chi connectivity index (χ0v) is 16.8. The molecule has 7 nitrogen and oxygen atoms in total. The van der Waals surface area contributed by atoms with Crippen molar-refractivity contribution in [2.24, 2.45) is 0 Å². The van der Waals surface area contributed by atoms with Gasteiger partial charge in [-0.2, -0.15) is 5.10 Å². The number of aliphatic hydroxyl groups is 1. The summed E-state index contributed by atoms with van der Waals surface area (Å²) in [7, 11) is 0. The Kier molecular flexibility index (Phi) is 4.72. The van der Waals surface area contributed by atoms with Gasteiger partial charge in [0.05, 0.1) is 30.6 Å². The van der Waals surface area contributed by atoms with Crippen LogP contribution < -0.4 is 4.90 Å². The Hall–Kier alpha value is -2.51. The summed E-state index contributed by atoms with van der Waals surface area (Å²) >= 11 is 0. The van der Waals surface area contributed by atoms with Gasteiger partial charge in [0.2, 0.25) is 0 Å². The van der Waals surface area contributed by atoms with Gasteiger partial charge in [-0.15, -0.1) is 0 Å². The number of morpholine rings is 1. The van der Waals surface area contributed by atoms with Gasteiger partial charge in [-0.05, 0) is 43.5 Å². The lowest BCUT2D eigenvalue weighted by Crippen LogP contribution is -2.44. The van der Waals surface area contributed by atoms with Gasteiger partial charge < -0.3 is 14.7 Å². The first kappa shape index (κ1) is 18.5. The summed E-state index contributed by atoms with van der Waals surface area (Å²) in [4.78, 5) is 11.9. The number of H-pyrrole nitrogens is 1. The van der Waals surface area contributed by atoms with Crippen LogP contribution in [-0.2, 0) is 10.3 Å². The highest BCUT2D eigenvalue weighted by Crippen LogP contribution is 2.42. The van der Waals surface area contributed by atoms with Gasteiger partial charge in [0.1, 0.15) is 17.0 Å². The molecule has 1 atom stereocenters. The lowest BCUT2D eigenvalue weighted by atomic mass is 9.78. The van der Waals surface area contributed by atoms with Crippen molar-refractivity contribution in [1.82, 2.24) is 20.2 Å². The summed E-state index contributed by atoms with van der Waals surface area (Å²) in [5.41, 5.74) is 2.55. The molecule has 1 unspecified atom stereocenters. The molecule has 0 spiro atoms. The third-order valence-electron chi connectivity index (χ3n) is 6.31. The van der Waals surface area contributed by atoms with Crippen molar-refractivity contribution < 1.29 is 9.84 Å². The van der Waals surface area contributed by atoms with Gasteiger partial charge in [-0.3, -0.25) is 10.1 Å². The van der Waals surface area contributed by atoms with Crippen molar-refractivity contribution in [2.45, 2.75) is 50.7 Å². The van der Waals surface area contributed by atoms with Crippen LogP contribution in [0, 0.1) is 0 Å². The molecule has 2 fully saturated rings. The molecule has 4 heterocycles. The number of ether oxygens (including phenoxy) is 1. The number of rotatable bonds is 3. The van der Waals surface area contributed by atoms with Gasteiger partial charge in [0, 0.05) is 24.3 Å². The lowest BCUT2D eigenvalue weighted by Gasteiger charge is -2.37. The molecule has 0 bridgehead atoms. The molecular weight excluding hydrogens is 366 g/mol. The van der Waals surface area contributed by atoms with E-state index in [4.69, 9.17) is 9.72 Å². The molecule has 0 aromatic carbocycles. The molecule has 0 amide bonds. The van der Waals surface area contributed by atoms with Crippen molar-refractivity contribution in [3.05, 3.63) is 36.2 Å². The van der Waals surface area contributed by atoms with Crippen molar-refractivity contribution in [3.63, 3.8) is 0 Å². The summed E-state index contributed by atoms with van der Waals surface area (Å²) in [6, 6.07) is 6.22. The molecule has 3 aromatic heterocycles. The number of fused-ring (bicyclic) bond motifs is 1. The van der Waals surface area contributed by atoms with E-state index in [1.165, 1.54) is 6.42 Å². The number of anilines is 1. The molecule has 2 aliphatic rings. The van der Waals surface area contributed by atoms with Crippen LogP contribution in [0.15, 0.2) is 30.6 Å². The van der Waals surface area contributed by atoms with Crippen LogP contribution >= 0.6 is 0 Å². The second kappa shape index (κ2) is 7.39. The number of aromatic nitrogens is 4. The Balaban J connectivity index is 1.74. The van der Waals surface area contributed by atoms with Gasteiger partial charge >= 0.3 is 0 Å². The van der Waals surface area contributed by atoms with E-state index < -0.39 is 5.60 Å². The van der Waals surface area contributed by atoms with E-state index >= 15 is 0 Å². The average Bonchev–Trinajstić information content (AvgIpc) is 3.28. The molecule has 1 aliphatic heterocycles. The Morgan fingerprint density at radius 3 is 2.83 bits per heavy atom. The summed E-state index contributed by atoms with van der Waals surface area (Å²) in [6.07, 6.45) is 8.36. The fraction of sp³-hybridized carbons (Fsp3) is 0.500.